The number of allylic oxidation sites excluding steroid dienone is 1. The quantitative estimate of drug-likeness (QED) is 0.732. The first-order chi connectivity index (χ1) is 10.5. The largest absolute Gasteiger partial charge is 0.478 e. The summed E-state index contributed by atoms with van der Waals surface area (Å²) in [5, 5.41) is 20.0. The second-order valence-corrected chi connectivity index (χ2v) is 8.91. The van der Waals surface area contributed by atoms with E-state index >= 15 is 0 Å². The molecule has 2 saturated carbocycles. The van der Waals surface area contributed by atoms with Gasteiger partial charge in [-0.1, -0.05) is 32.8 Å². The Morgan fingerprint density at radius 2 is 1.87 bits per heavy atom. The van der Waals surface area contributed by atoms with Crippen LogP contribution < -0.4 is 0 Å². The minimum atomic E-state index is -0.852. The highest BCUT2D eigenvalue weighted by molar-refractivity contribution is 5.80. The molecule has 0 amide bonds. The van der Waals surface area contributed by atoms with Gasteiger partial charge in [-0.3, -0.25) is 0 Å². The Morgan fingerprint density at radius 1 is 1.22 bits per heavy atom. The number of fused-ring (bicyclic) bond motifs is 1. The van der Waals surface area contributed by atoms with Gasteiger partial charge in [0.25, 0.3) is 0 Å². The van der Waals surface area contributed by atoms with Crippen molar-refractivity contribution in [1.29, 1.82) is 0 Å². The Morgan fingerprint density at radius 3 is 2.48 bits per heavy atom. The standard InChI is InChI=1S/C20H34O3/c1-14(13-17(21)22)8-11-18(3)15(2)9-12-19(4)16(18)7-6-10-20(19,5)23/h13,15-16,23H,6-12H2,1-5H3,(H,21,22)/b14-13-/t15-,16-,18+,19-,20-/m1/s1. The van der Waals surface area contributed by atoms with Crippen LogP contribution in [0.15, 0.2) is 11.6 Å². The summed E-state index contributed by atoms with van der Waals surface area (Å²) < 4.78 is 0. The second kappa shape index (κ2) is 6.23. The lowest BCUT2D eigenvalue weighted by Gasteiger charge is -2.63. The van der Waals surface area contributed by atoms with Crippen molar-refractivity contribution in [3.63, 3.8) is 0 Å². The SMILES string of the molecule is C/C(=C/C(=O)O)CC[C@@]1(C)[C@H](C)CC[C@]2(C)[C@@H]1CCC[C@@]2(C)O. The average Bonchev–Trinajstić information content (AvgIpc) is 2.43. The van der Waals surface area contributed by atoms with Crippen molar-refractivity contribution in [3.05, 3.63) is 11.6 Å². The highest BCUT2D eigenvalue weighted by atomic mass is 16.4. The summed E-state index contributed by atoms with van der Waals surface area (Å²) in [6.45, 7) is 11.0. The van der Waals surface area contributed by atoms with Gasteiger partial charge in [-0.05, 0) is 75.0 Å². The highest BCUT2D eigenvalue weighted by Crippen LogP contribution is 2.64. The van der Waals surface area contributed by atoms with E-state index in [2.05, 4.69) is 20.8 Å². The van der Waals surface area contributed by atoms with Gasteiger partial charge in [0.05, 0.1) is 5.60 Å². The first-order valence-corrected chi connectivity index (χ1v) is 9.15. The third-order valence-electron chi connectivity index (χ3n) is 7.60. The zero-order valence-electron chi connectivity index (χ0n) is 15.5. The van der Waals surface area contributed by atoms with E-state index < -0.39 is 11.6 Å². The summed E-state index contributed by atoms with van der Waals surface area (Å²) >= 11 is 0. The van der Waals surface area contributed by atoms with E-state index in [0.29, 0.717) is 11.8 Å². The minimum absolute atomic E-state index is 0.0169. The van der Waals surface area contributed by atoms with Gasteiger partial charge in [0.2, 0.25) is 0 Å². The summed E-state index contributed by atoms with van der Waals surface area (Å²) in [6, 6.07) is 0. The predicted molar refractivity (Wildman–Crippen MR) is 93.2 cm³/mol. The predicted octanol–water partition coefficient (Wildman–Crippen LogP) is 4.79. The number of carbonyl (C=O) groups is 1. The van der Waals surface area contributed by atoms with Crippen LogP contribution in [-0.2, 0) is 4.79 Å². The molecule has 0 aromatic heterocycles. The highest BCUT2D eigenvalue weighted by Gasteiger charge is 2.59. The fourth-order valence-electron chi connectivity index (χ4n) is 5.49. The summed E-state index contributed by atoms with van der Waals surface area (Å²) in [4.78, 5) is 10.9. The van der Waals surface area contributed by atoms with E-state index in [4.69, 9.17) is 5.11 Å². The summed E-state index contributed by atoms with van der Waals surface area (Å²) in [7, 11) is 0. The van der Waals surface area contributed by atoms with Crippen LogP contribution in [0.5, 0.6) is 0 Å². The van der Waals surface area contributed by atoms with E-state index in [1.807, 2.05) is 13.8 Å². The third kappa shape index (κ3) is 3.22. The molecule has 0 aromatic rings. The van der Waals surface area contributed by atoms with Crippen molar-refractivity contribution in [3.8, 4) is 0 Å². The number of rotatable bonds is 4. The maximum Gasteiger partial charge on any atom is 0.328 e. The number of aliphatic hydroxyl groups is 1. The molecule has 2 fully saturated rings. The van der Waals surface area contributed by atoms with Crippen LogP contribution in [0, 0.1) is 22.7 Å². The van der Waals surface area contributed by atoms with Crippen LogP contribution in [0.2, 0.25) is 0 Å². The Hall–Kier alpha value is -0.830. The van der Waals surface area contributed by atoms with Gasteiger partial charge < -0.3 is 10.2 Å². The van der Waals surface area contributed by atoms with Crippen LogP contribution in [0.1, 0.15) is 79.6 Å². The van der Waals surface area contributed by atoms with E-state index in [0.717, 1.165) is 44.1 Å². The monoisotopic (exact) mass is 322 g/mol. The second-order valence-electron chi connectivity index (χ2n) is 8.91. The molecule has 2 N–H and O–H groups in total. The van der Waals surface area contributed by atoms with Crippen molar-refractivity contribution in [2.45, 2.75) is 85.2 Å². The number of aliphatic carboxylic acids is 1. The van der Waals surface area contributed by atoms with E-state index in [-0.39, 0.29) is 10.8 Å². The molecule has 5 atom stereocenters. The van der Waals surface area contributed by atoms with E-state index in [1.54, 1.807) is 0 Å². The van der Waals surface area contributed by atoms with Crippen LogP contribution in [0.25, 0.3) is 0 Å². The molecule has 2 aliphatic carbocycles. The van der Waals surface area contributed by atoms with Gasteiger partial charge in [-0.25, -0.2) is 4.79 Å². The van der Waals surface area contributed by atoms with Gasteiger partial charge in [0, 0.05) is 6.08 Å². The molecule has 2 rings (SSSR count). The number of carboxylic acid groups (broad SMARTS) is 1. The molecular weight excluding hydrogens is 288 g/mol. The molecule has 132 valence electrons. The zero-order chi connectivity index (χ0) is 17.5. The van der Waals surface area contributed by atoms with Crippen LogP contribution >= 0.6 is 0 Å². The Bertz CT molecular complexity index is 493. The van der Waals surface area contributed by atoms with E-state index in [9.17, 15) is 9.90 Å². The fourth-order valence-corrected chi connectivity index (χ4v) is 5.49. The first-order valence-electron chi connectivity index (χ1n) is 9.15. The van der Waals surface area contributed by atoms with Crippen molar-refractivity contribution >= 4 is 5.97 Å². The molecule has 0 spiro atoms. The van der Waals surface area contributed by atoms with Crippen molar-refractivity contribution in [2.24, 2.45) is 22.7 Å². The van der Waals surface area contributed by atoms with Crippen molar-refractivity contribution in [1.82, 2.24) is 0 Å². The van der Waals surface area contributed by atoms with Gasteiger partial charge in [0.1, 0.15) is 0 Å². The maximum absolute atomic E-state index is 11.1. The summed E-state index contributed by atoms with van der Waals surface area (Å²) in [6.07, 6.45) is 8.64. The molecule has 2 aliphatic rings. The lowest BCUT2D eigenvalue weighted by Crippen LogP contribution is -2.60. The normalized spacial score (nSPS) is 44.7. The summed E-state index contributed by atoms with van der Waals surface area (Å²) in [5.41, 5.74) is 0.520. The Kier molecular flexibility index (Phi) is 5.02. The van der Waals surface area contributed by atoms with Crippen LogP contribution in [-0.4, -0.2) is 21.8 Å². The lowest BCUT2D eigenvalue weighted by molar-refractivity contribution is -0.192. The molecule has 0 radical (unpaired) electrons. The molecule has 23 heavy (non-hydrogen) atoms. The molecule has 0 bridgehead atoms. The third-order valence-corrected chi connectivity index (χ3v) is 7.60. The molecule has 0 saturated heterocycles. The topological polar surface area (TPSA) is 57.5 Å². The molecule has 0 heterocycles. The molecule has 3 heteroatoms. The number of hydrogen-bond donors (Lipinski definition) is 2. The smallest absolute Gasteiger partial charge is 0.328 e. The van der Waals surface area contributed by atoms with Gasteiger partial charge in [0.15, 0.2) is 0 Å². The molecule has 3 nitrogen and oxygen atoms in total. The van der Waals surface area contributed by atoms with Crippen LogP contribution in [0.3, 0.4) is 0 Å². The molecular formula is C20H34O3. The van der Waals surface area contributed by atoms with Gasteiger partial charge in [-0.15, -0.1) is 0 Å². The Balaban J connectivity index is 2.25. The van der Waals surface area contributed by atoms with Gasteiger partial charge >= 0.3 is 5.97 Å². The molecule has 0 unspecified atom stereocenters. The maximum atomic E-state index is 11.1. The van der Waals surface area contributed by atoms with E-state index in [1.165, 1.54) is 12.5 Å². The zero-order valence-corrected chi connectivity index (χ0v) is 15.5. The number of carboxylic acids is 1. The van der Waals surface area contributed by atoms with Crippen molar-refractivity contribution in [2.75, 3.05) is 0 Å². The Labute approximate surface area is 141 Å². The van der Waals surface area contributed by atoms with Gasteiger partial charge in [-0.2, -0.15) is 0 Å². The summed E-state index contributed by atoms with van der Waals surface area (Å²) in [5.74, 6) is 0.280. The number of hydrogen-bond acceptors (Lipinski definition) is 2. The molecule has 0 aromatic carbocycles. The average molecular weight is 322 g/mol. The van der Waals surface area contributed by atoms with Crippen molar-refractivity contribution < 1.29 is 15.0 Å². The lowest BCUT2D eigenvalue weighted by atomic mass is 9.43. The van der Waals surface area contributed by atoms with Crippen LogP contribution in [0.4, 0.5) is 0 Å². The first kappa shape index (κ1) is 18.5. The molecule has 0 aliphatic heterocycles. The minimum Gasteiger partial charge on any atom is -0.478 e. The fraction of sp³-hybridized carbons (Fsp3) is 0.850.